The van der Waals surface area contributed by atoms with Crippen molar-refractivity contribution in [3.63, 3.8) is 0 Å². The summed E-state index contributed by atoms with van der Waals surface area (Å²) < 4.78 is 0. The second kappa shape index (κ2) is 9.41. The van der Waals surface area contributed by atoms with Crippen LogP contribution >= 0.6 is 0 Å². The number of H-pyrrole nitrogens is 1. The second-order valence-corrected chi connectivity index (χ2v) is 9.14. The molecule has 3 aromatic heterocycles. The number of hydrogen-bond donors (Lipinski definition) is 3. The number of amides is 1. The first-order valence-electron chi connectivity index (χ1n) is 11.0. The number of nitrogens with one attached hydrogen (secondary N) is 3. The summed E-state index contributed by atoms with van der Waals surface area (Å²) in [7, 11) is 0. The molecule has 0 saturated carbocycles. The van der Waals surface area contributed by atoms with Crippen LogP contribution in [0.1, 0.15) is 48.1 Å². The minimum Gasteiger partial charge on any atom is -0.336 e. The number of carbonyl (C=O) groups is 1. The molecule has 0 radical (unpaired) electrons. The summed E-state index contributed by atoms with van der Waals surface area (Å²) in [5, 5.41) is 12.7. The van der Waals surface area contributed by atoms with Gasteiger partial charge < -0.3 is 10.6 Å². The van der Waals surface area contributed by atoms with Crippen molar-refractivity contribution in [1.82, 2.24) is 30.1 Å². The van der Waals surface area contributed by atoms with Crippen molar-refractivity contribution in [3.05, 3.63) is 82.1 Å². The summed E-state index contributed by atoms with van der Waals surface area (Å²) in [5.74, 6) is 0.122. The Morgan fingerprint density at radius 3 is 2.49 bits per heavy atom. The van der Waals surface area contributed by atoms with E-state index in [4.69, 9.17) is 0 Å². The predicted molar refractivity (Wildman–Crippen MR) is 134 cm³/mol. The lowest BCUT2D eigenvalue weighted by atomic mass is 9.93. The zero-order chi connectivity index (χ0) is 25.2. The zero-order valence-corrected chi connectivity index (χ0v) is 20.2. The van der Waals surface area contributed by atoms with Gasteiger partial charge in [-0.05, 0) is 37.1 Å². The van der Waals surface area contributed by atoms with E-state index < -0.39 is 0 Å². The van der Waals surface area contributed by atoms with Gasteiger partial charge in [0, 0.05) is 29.1 Å². The van der Waals surface area contributed by atoms with Gasteiger partial charge in [0.25, 0.3) is 11.5 Å². The highest BCUT2D eigenvalue weighted by molar-refractivity contribution is 6.04. The molecule has 3 heterocycles. The van der Waals surface area contributed by atoms with E-state index in [1.54, 1.807) is 24.5 Å². The van der Waals surface area contributed by atoms with Gasteiger partial charge in [0.05, 0.1) is 17.6 Å². The van der Waals surface area contributed by atoms with Gasteiger partial charge in [-0.2, -0.15) is 5.10 Å². The van der Waals surface area contributed by atoms with Gasteiger partial charge in [-0.3, -0.25) is 14.6 Å². The topological polar surface area (TPSA) is 138 Å². The number of hydrogen-bond acceptors (Lipinski definition) is 8. The van der Waals surface area contributed by atoms with Gasteiger partial charge >= 0.3 is 0 Å². The third-order valence-corrected chi connectivity index (χ3v) is 5.49. The van der Waals surface area contributed by atoms with E-state index in [-0.39, 0.29) is 28.3 Å². The third-order valence-electron chi connectivity index (χ3n) is 5.49. The molecule has 0 bridgehead atoms. The minimum atomic E-state index is -0.386. The van der Waals surface area contributed by atoms with Gasteiger partial charge in [0.2, 0.25) is 0 Å². The summed E-state index contributed by atoms with van der Waals surface area (Å²) in [5.41, 5.74) is 4.37. The van der Waals surface area contributed by atoms with Crippen LogP contribution in [0.3, 0.4) is 0 Å². The summed E-state index contributed by atoms with van der Waals surface area (Å²) in [6.45, 7) is 9.90. The fourth-order valence-corrected chi connectivity index (χ4v) is 3.47. The van der Waals surface area contributed by atoms with Crippen molar-refractivity contribution in [2.24, 2.45) is 0 Å². The summed E-state index contributed by atoms with van der Waals surface area (Å²) >= 11 is 0. The maximum atomic E-state index is 12.9. The van der Waals surface area contributed by atoms with Crippen molar-refractivity contribution >= 4 is 23.1 Å². The molecule has 1 amide bonds. The normalized spacial score (nSPS) is 11.2. The molecule has 0 aliphatic rings. The highest BCUT2D eigenvalue weighted by Crippen LogP contribution is 2.31. The molecule has 3 N–H and O–H groups in total. The predicted octanol–water partition coefficient (Wildman–Crippen LogP) is 3.93. The molecule has 0 spiro atoms. The molecule has 0 unspecified atom stereocenters. The number of carbonyl (C=O) groups excluding carboxylic acids is 1. The van der Waals surface area contributed by atoms with Crippen molar-refractivity contribution in [1.29, 1.82) is 0 Å². The van der Waals surface area contributed by atoms with Gasteiger partial charge in [0.1, 0.15) is 23.5 Å². The van der Waals surface area contributed by atoms with E-state index in [1.807, 2.05) is 46.8 Å². The first kappa shape index (κ1) is 23.7. The monoisotopic (exact) mass is 470 g/mol. The molecular weight excluding hydrogens is 444 g/mol. The molecule has 1 aromatic carbocycles. The average molecular weight is 471 g/mol. The third kappa shape index (κ3) is 5.21. The number of aromatic amines is 1. The van der Waals surface area contributed by atoms with Gasteiger partial charge in [0.15, 0.2) is 0 Å². The zero-order valence-electron chi connectivity index (χ0n) is 20.2. The molecule has 0 fully saturated rings. The molecule has 0 atom stereocenters. The Morgan fingerprint density at radius 1 is 1.03 bits per heavy atom. The largest absolute Gasteiger partial charge is 0.336 e. The Bertz CT molecular complexity index is 1430. The lowest BCUT2D eigenvalue weighted by molar-refractivity contribution is 0.102. The number of aromatic nitrogens is 6. The molecule has 4 aromatic rings. The maximum absolute atomic E-state index is 12.9. The van der Waals surface area contributed by atoms with Crippen molar-refractivity contribution < 1.29 is 4.79 Å². The molecule has 35 heavy (non-hydrogen) atoms. The smallest absolute Gasteiger partial charge is 0.287 e. The van der Waals surface area contributed by atoms with E-state index >= 15 is 0 Å². The lowest BCUT2D eigenvalue weighted by Crippen LogP contribution is -2.19. The SMILES string of the molecule is Cc1ccc(-c2cc(Nc3ccncn3)c(=O)[nH]n2)c(C)c1NC(=O)c1cnc(C(C)(C)C)cn1. The van der Waals surface area contributed by atoms with E-state index in [2.05, 4.69) is 40.8 Å². The van der Waals surface area contributed by atoms with Crippen LogP contribution in [0.4, 0.5) is 17.2 Å². The van der Waals surface area contributed by atoms with E-state index in [0.717, 1.165) is 22.4 Å². The molecular formula is C25H26N8O2. The molecule has 10 nitrogen and oxygen atoms in total. The fourth-order valence-electron chi connectivity index (χ4n) is 3.47. The van der Waals surface area contributed by atoms with Crippen LogP contribution < -0.4 is 16.2 Å². The number of rotatable bonds is 5. The van der Waals surface area contributed by atoms with Crippen LogP contribution in [-0.4, -0.2) is 36.0 Å². The van der Waals surface area contributed by atoms with E-state index in [1.165, 1.54) is 12.5 Å². The van der Waals surface area contributed by atoms with Gasteiger partial charge in [-0.25, -0.2) is 20.1 Å². The quantitative estimate of drug-likeness (QED) is 0.399. The lowest BCUT2D eigenvalue weighted by Gasteiger charge is -2.17. The molecule has 4 rings (SSSR count). The first-order valence-corrected chi connectivity index (χ1v) is 11.0. The van der Waals surface area contributed by atoms with Crippen molar-refractivity contribution in [3.8, 4) is 11.3 Å². The second-order valence-electron chi connectivity index (χ2n) is 9.14. The summed E-state index contributed by atoms with van der Waals surface area (Å²) in [4.78, 5) is 41.9. The summed E-state index contributed by atoms with van der Waals surface area (Å²) in [6.07, 6.45) is 6.07. The Labute approximate surface area is 202 Å². The average Bonchev–Trinajstić information content (AvgIpc) is 2.83. The number of nitrogens with zero attached hydrogens (tertiary/aromatic N) is 5. The standard InChI is InChI=1S/C25H26N8O2/c1-14-6-7-16(17-10-18(24(35)33-32-17)30-21-8-9-26-13-29-21)15(2)22(14)31-23(34)19-11-28-20(12-27-19)25(3,4)5/h6-13H,1-5H3,(H,31,34)(H,33,35)(H,26,29,30,32). The highest BCUT2D eigenvalue weighted by Gasteiger charge is 2.19. The molecule has 10 heteroatoms. The van der Waals surface area contributed by atoms with Crippen molar-refractivity contribution in [2.45, 2.75) is 40.0 Å². The minimum absolute atomic E-state index is 0.158. The molecule has 0 aliphatic heterocycles. The van der Waals surface area contributed by atoms with Gasteiger partial charge in [-0.1, -0.05) is 32.9 Å². The van der Waals surface area contributed by atoms with Crippen LogP contribution in [0.5, 0.6) is 0 Å². The molecule has 0 saturated heterocycles. The Hall–Kier alpha value is -4.47. The van der Waals surface area contributed by atoms with Crippen molar-refractivity contribution in [2.75, 3.05) is 10.6 Å². The summed E-state index contributed by atoms with van der Waals surface area (Å²) in [6, 6.07) is 7.08. The van der Waals surface area contributed by atoms with Crippen LogP contribution in [0.2, 0.25) is 0 Å². The van der Waals surface area contributed by atoms with Crippen LogP contribution in [0, 0.1) is 13.8 Å². The van der Waals surface area contributed by atoms with E-state index in [0.29, 0.717) is 17.2 Å². The van der Waals surface area contributed by atoms with Crippen LogP contribution in [0.15, 0.2) is 54.0 Å². The highest BCUT2D eigenvalue weighted by atomic mass is 16.2. The number of anilines is 3. The Morgan fingerprint density at radius 2 is 1.83 bits per heavy atom. The Kier molecular flexibility index (Phi) is 6.37. The van der Waals surface area contributed by atoms with Gasteiger partial charge in [-0.15, -0.1) is 0 Å². The first-order chi connectivity index (χ1) is 16.6. The van der Waals surface area contributed by atoms with Crippen LogP contribution in [0.25, 0.3) is 11.3 Å². The maximum Gasteiger partial charge on any atom is 0.287 e. The van der Waals surface area contributed by atoms with E-state index in [9.17, 15) is 9.59 Å². The van der Waals surface area contributed by atoms with Crippen LogP contribution in [-0.2, 0) is 5.41 Å². The fraction of sp³-hybridized carbons (Fsp3) is 0.240. The number of aryl methyl sites for hydroxylation is 1. The molecule has 0 aliphatic carbocycles. The number of benzene rings is 1. The Balaban J connectivity index is 1.64. The molecule has 178 valence electrons.